The number of imidazole rings is 1. The minimum Gasteiger partial charge on any atom is -0.497 e. The van der Waals surface area contributed by atoms with Gasteiger partial charge in [0.05, 0.1) is 26.0 Å². The summed E-state index contributed by atoms with van der Waals surface area (Å²) in [6.45, 7) is 0. The molecule has 0 atom stereocenters. The number of benzene rings is 1. The lowest BCUT2D eigenvalue weighted by molar-refractivity contribution is 0.395. The van der Waals surface area contributed by atoms with Crippen LogP contribution in [0.15, 0.2) is 24.4 Å². The number of aromatic nitrogens is 2. The fourth-order valence-electron chi connectivity index (χ4n) is 1.75. The van der Waals surface area contributed by atoms with E-state index in [4.69, 9.17) is 14.7 Å². The van der Waals surface area contributed by atoms with Crippen molar-refractivity contribution in [3.05, 3.63) is 30.1 Å². The van der Waals surface area contributed by atoms with E-state index in [1.807, 2.05) is 12.1 Å². The predicted octanol–water partition coefficient (Wildman–Crippen LogP) is 1.98. The molecule has 18 heavy (non-hydrogen) atoms. The molecule has 1 heterocycles. The van der Waals surface area contributed by atoms with Gasteiger partial charge >= 0.3 is 0 Å². The monoisotopic (exact) mass is 243 g/mol. The van der Waals surface area contributed by atoms with Crippen LogP contribution in [0.2, 0.25) is 0 Å². The maximum Gasteiger partial charge on any atom is 0.144 e. The zero-order chi connectivity index (χ0) is 13.1. The second-order valence-corrected chi connectivity index (χ2v) is 3.70. The lowest BCUT2D eigenvalue weighted by Crippen LogP contribution is -1.98. The molecule has 0 aliphatic rings. The molecular weight excluding hydrogens is 230 g/mol. The van der Waals surface area contributed by atoms with Crippen LogP contribution in [0.25, 0.3) is 11.4 Å². The summed E-state index contributed by atoms with van der Waals surface area (Å²) in [5, 5.41) is 8.93. The molecular formula is C13H13N3O2. The first-order valence-electron chi connectivity index (χ1n) is 5.35. The molecule has 0 bridgehead atoms. The highest BCUT2D eigenvalue weighted by molar-refractivity contribution is 5.67. The molecule has 0 unspecified atom stereocenters. The van der Waals surface area contributed by atoms with E-state index in [-0.39, 0.29) is 0 Å². The number of rotatable bonds is 3. The molecule has 5 nitrogen and oxygen atoms in total. The summed E-state index contributed by atoms with van der Waals surface area (Å²) in [7, 11) is 4.99. The van der Waals surface area contributed by atoms with E-state index in [0.29, 0.717) is 23.0 Å². The number of methoxy groups -OCH3 is 2. The summed E-state index contributed by atoms with van der Waals surface area (Å²) in [6.07, 6.45) is 1.54. The standard InChI is InChI=1S/C13H13N3O2/c1-16-9(7-14)8-15-13(16)11-5-4-10(17-2)6-12(11)18-3/h4-6,8H,1-3H3. The minimum atomic E-state index is 0.503. The Morgan fingerprint density at radius 3 is 2.61 bits per heavy atom. The van der Waals surface area contributed by atoms with Gasteiger partial charge in [-0.25, -0.2) is 4.98 Å². The van der Waals surface area contributed by atoms with E-state index in [9.17, 15) is 0 Å². The summed E-state index contributed by atoms with van der Waals surface area (Å²) in [5.41, 5.74) is 1.32. The van der Waals surface area contributed by atoms with Crippen molar-refractivity contribution in [2.24, 2.45) is 7.05 Å². The summed E-state index contributed by atoms with van der Waals surface area (Å²) < 4.78 is 12.2. The molecule has 5 heteroatoms. The van der Waals surface area contributed by atoms with Crippen LogP contribution in [-0.4, -0.2) is 23.8 Å². The van der Waals surface area contributed by atoms with Crippen LogP contribution in [0.5, 0.6) is 11.5 Å². The van der Waals surface area contributed by atoms with Gasteiger partial charge in [0, 0.05) is 13.1 Å². The molecule has 0 saturated heterocycles. The summed E-state index contributed by atoms with van der Waals surface area (Å²) >= 11 is 0. The van der Waals surface area contributed by atoms with Crippen LogP contribution < -0.4 is 9.47 Å². The van der Waals surface area contributed by atoms with Crippen molar-refractivity contribution in [2.75, 3.05) is 14.2 Å². The lowest BCUT2D eigenvalue weighted by atomic mass is 10.2. The highest BCUT2D eigenvalue weighted by Crippen LogP contribution is 2.32. The highest BCUT2D eigenvalue weighted by Gasteiger charge is 2.13. The first-order chi connectivity index (χ1) is 8.71. The molecule has 2 aromatic rings. The van der Waals surface area contributed by atoms with Crippen molar-refractivity contribution in [3.8, 4) is 29.0 Å². The predicted molar refractivity (Wildman–Crippen MR) is 66.5 cm³/mol. The fraction of sp³-hybridized carbons (Fsp3) is 0.231. The Morgan fingerprint density at radius 2 is 2.06 bits per heavy atom. The average molecular weight is 243 g/mol. The topological polar surface area (TPSA) is 60.1 Å². The van der Waals surface area contributed by atoms with Crippen LogP contribution in [0, 0.1) is 11.3 Å². The number of hydrogen-bond donors (Lipinski definition) is 0. The molecule has 0 amide bonds. The van der Waals surface area contributed by atoms with Gasteiger partial charge in [-0.1, -0.05) is 0 Å². The largest absolute Gasteiger partial charge is 0.497 e. The smallest absolute Gasteiger partial charge is 0.144 e. The van der Waals surface area contributed by atoms with Crippen LogP contribution in [-0.2, 0) is 7.05 Å². The summed E-state index contributed by atoms with van der Waals surface area (Å²) in [6, 6.07) is 7.56. The van der Waals surface area contributed by atoms with E-state index in [0.717, 1.165) is 5.56 Å². The number of ether oxygens (including phenoxy) is 2. The van der Waals surface area contributed by atoms with Crippen LogP contribution in [0.3, 0.4) is 0 Å². The third-order valence-corrected chi connectivity index (χ3v) is 2.75. The van der Waals surface area contributed by atoms with Crippen LogP contribution >= 0.6 is 0 Å². The third kappa shape index (κ3) is 1.89. The number of nitriles is 1. The molecule has 1 aromatic carbocycles. The van der Waals surface area contributed by atoms with Gasteiger partial charge in [-0.05, 0) is 12.1 Å². The van der Waals surface area contributed by atoms with Gasteiger partial charge in [-0.15, -0.1) is 0 Å². The van der Waals surface area contributed by atoms with Crippen molar-refractivity contribution in [1.29, 1.82) is 5.26 Å². The third-order valence-electron chi connectivity index (χ3n) is 2.75. The Balaban J connectivity index is 2.57. The quantitative estimate of drug-likeness (QED) is 0.827. The molecule has 0 aliphatic heterocycles. The number of hydrogen-bond acceptors (Lipinski definition) is 4. The molecule has 92 valence electrons. The van der Waals surface area contributed by atoms with Crippen molar-refractivity contribution in [3.63, 3.8) is 0 Å². The van der Waals surface area contributed by atoms with Gasteiger partial charge in [0.2, 0.25) is 0 Å². The Labute approximate surface area is 105 Å². The Hall–Kier alpha value is -2.48. The van der Waals surface area contributed by atoms with Crippen molar-refractivity contribution >= 4 is 0 Å². The molecule has 2 rings (SSSR count). The molecule has 0 saturated carbocycles. The normalized spacial score (nSPS) is 9.89. The second-order valence-electron chi connectivity index (χ2n) is 3.70. The van der Waals surface area contributed by atoms with Gasteiger partial charge in [-0.3, -0.25) is 0 Å². The van der Waals surface area contributed by atoms with Crippen LogP contribution in [0.4, 0.5) is 0 Å². The average Bonchev–Trinajstić information content (AvgIpc) is 2.78. The van der Waals surface area contributed by atoms with Gasteiger partial charge in [0.15, 0.2) is 0 Å². The lowest BCUT2D eigenvalue weighted by Gasteiger charge is -2.10. The summed E-state index contributed by atoms with van der Waals surface area (Å²) in [5.74, 6) is 2.06. The van der Waals surface area contributed by atoms with E-state index in [2.05, 4.69) is 11.1 Å². The molecule has 0 aliphatic carbocycles. The Bertz CT molecular complexity index is 611. The zero-order valence-corrected chi connectivity index (χ0v) is 10.5. The zero-order valence-electron chi connectivity index (χ0n) is 10.5. The fourth-order valence-corrected chi connectivity index (χ4v) is 1.75. The Morgan fingerprint density at radius 1 is 1.28 bits per heavy atom. The van der Waals surface area contributed by atoms with Gasteiger partial charge < -0.3 is 14.0 Å². The maximum absolute atomic E-state index is 8.93. The van der Waals surface area contributed by atoms with E-state index < -0.39 is 0 Å². The Kier molecular flexibility index (Phi) is 3.20. The first-order valence-corrected chi connectivity index (χ1v) is 5.35. The summed E-state index contributed by atoms with van der Waals surface area (Å²) in [4.78, 5) is 4.24. The molecule has 1 aromatic heterocycles. The maximum atomic E-state index is 8.93. The van der Waals surface area contributed by atoms with E-state index >= 15 is 0 Å². The van der Waals surface area contributed by atoms with Gasteiger partial charge in [0.25, 0.3) is 0 Å². The molecule has 0 fully saturated rings. The van der Waals surface area contributed by atoms with E-state index in [1.54, 1.807) is 38.1 Å². The van der Waals surface area contributed by atoms with Crippen molar-refractivity contribution in [2.45, 2.75) is 0 Å². The minimum absolute atomic E-state index is 0.503. The van der Waals surface area contributed by atoms with Gasteiger partial charge in [0.1, 0.15) is 29.1 Å². The molecule has 0 N–H and O–H groups in total. The van der Waals surface area contributed by atoms with E-state index in [1.165, 1.54) is 0 Å². The first kappa shape index (κ1) is 12.0. The SMILES string of the molecule is COc1ccc(-c2ncc(C#N)n2C)c(OC)c1. The molecule has 0 spiro atoms. The number of nitrogens with zero attached hydrogens (tertiary/aromatic N) is 3. The second kappa shape index (κ2) is 4.80. The van der Waals surface area contributed by atoms with Crippen molar-refractivity contribution in [1.82, 2.24) is 9.55 Å². The van der Waals surface area contributed by atoms with Gasteiger partial charge in [-0.2, -0.15) is 5.26 Å². The van der Waals surface area contributed by atoms with Crippen molar-refractivity contribution < 1.29 is 9.47 Å². The highest BCUT2D eigenvalue weighted by atomic mass is 16.5. The van der Waals surface area contributed by atoms with Crippen LogP contribution in [0.1, 0.15) is 5.69 Å². The molecule has 0 radical (unpaired) electrons.